The second-order valence-corrected chi connectivity index (χ2v) is 9.23. The molecule has 1 saturated carbocycles. The summed E-state index contributed by atoms with van der Waals surface area (Å²) in [6, 6.07) is 0. The van der Waals surface area contributed by atoms with Crippen molar-refractivity contribution in [2.24, 2.45) is 17.8 Å². The molecule has 2 aliphatic heterocycles. The van der Waals surface area contributed by atoms with Gasteiger partial charge in [-0.15, -0.1) is 0 Å². The molecule has 1 aliphatic carbocycles. The van der Waals surface area contributed by atoms with E-state index in [1.807, 2.05) is 6.92 Å². The highest BCUT2D eigenvalue weighted by Gasteiger charge is 2.61. The Morgan fingerprint density at radius 2 is 2.00 bits per heavy atom. The Hall–Kier alpha value is -1.45. The Morgan fingerprint density at radius 1 is 1.35 bits per heavy atom. The molecule has 0 N–H and O–H groups in total. The highest BCUT2D eigenvalue weighted by atomic mass is 32.2. The second kappa shape index (κ2) is 6.94. The highest BCUT2D eigenvalue weighted by Crippen LogP contribution is 2.53. The molecular formula is C17H24O8S. The summed E-state index contributed by atoms with van der Waals surface area (Å²) in [7, 11) is -2.36. The van der Waals surface area contributed by atoms with E-state index >= 15 is 0 Å². The lowest BCUT2D eigenvalue weighted by atomic mass is 9.65. The number of esters is 2. The normalized spacial score (nSPS) is 35.4. The minimum Gasteiger partial charge on any atom is -0.469 e. The van der Waals surface area contributed by atoms with E-state index in [9.17, 15) is 18.0 Å². The van der Waals surface area contributed by atoms with Crippen molar-refractivity contribution >= 4 is 21.8 Å². The van der Waals surface area contributed by atoms with Gasteiger partial charge in [-0.1, -0.05) is 13.8 Å². The Bertz CT molecular complexity index is 721. The van der Waals surface area contributed by atoms with Crippen LogP contribution in [0.25, 0.3) is 0 Å². The number of hydrogen-bond donors (Lipinski definition) is 0. The monoisotopic (exact) mass is 388 g/mol. The van der Waals surface area contributed by atoms with Gasteiger partial charge in [0.05, 0.1) is 42.8 Å². The van der Waals surface area contributed by atoms with E-state index in [-0.39, 0.29) is 35.4 Å². The molecule has 3 rings (SSSR count). The van der Waals surface area contributed by atoms with Gasteiger partial charge in [0.25, 0.3) is 0 Å². The van der Waals surface area contributed by atoms with Crippen LogP contribution in [-0.4, -0.2) is 58.3 Å². The van der Waals surface area contributed by atoms with Gasteiger partial charge in [0.2, 0.25) is 0 Å². The highest BCUT2D eigenvalue weighted by molar-refractivity contribution is 7.95. The van der Waals surface area contributed by atoms with Gasteiger partial charge in [-0.05, 0) is 18.8 Å². The molecule has 1 spiro atoms. The van der Waals surface area contributed by atoms with Crippen molar-refractivity contribution in [3.63, 3.8) is 0 Å². The van der Waals surface area contributed by atoms with Crippen LogP contribution >= 0.6 is 0 Å². The first kappa shape index (κ1) is 19.3. The molecule has 4 atom stereocenters. The predicted octanol–water partition coefficient (Wildman–Crippen LogP) is 0.809. The average Bonchev–Trinajstić information content (AvgIpc) is 3.23. The van der Waals surface area contributed by atoms with Crippen molar-refractivity contribution in [1.82, 2.24) is 0 Å². The van der Waals surface area contributed by atoms with Gasteiger partial charge in [-0.2, -0.15) is 0 Å². The van der Waals surface area contributed by atoms with Crippen molar-refractivity contribution in [2.45, 2.75) is 38.6 Å². The maximum Gasteiger partial charge on any atom is 0.332 e. The molecule has 9 heteroatoms. The molecule has 26 heavy (non-hydrogen) atoms. The van der Waals surface area contributed by atoms with E-state index in [4.69, 9.17) is 18.9 Å². The molecule has 1 saturated heterocycles. The van der Waals surface area contributed by atoms with Crippen LogP contribution in [-0.2, 0) is 38.4 Å². The fraction of sp³-hybridized carbons (Fsp3) is 0.765. The first-order valence-electron chi connectivity index (χ1n) is 8.74. The van der Waals surface area contributed by atoms with Crippen LogP contribution < -0.4 is 0 Å². The fourth-order valence-corrected chi connectivity index (χ4v) is 5.68. The third kappa shape index (κ3) is 3.05. The van der Waals surface area contributed by atoms with Gasteiger partial charge in [-0.3, -0.25) is 4.79 Å². The van der Waals surface area contributed by atoms with Crippen LogP contribution in [0.4, 0.5) is 0 Å². The summed E-state index contributed by atoms with van der Waals surface area (Å²) in [5.41, 5.74) is -1.37. The summed E-state index contributed by atoms with van der Waals surface area (Å²) in [6.07, 6.45) is 0.766. The first-order chi connectivity index (χ1) is 12.2. The third-order valence-electron chi connectivity index (χ3n) is 5.56. The quantitative estimate of drug-likeness (QED) is 0.652. The molecule has 0 bridgehead atoms. The van der Waals surface area contributed by atoms with Crippen molar-refractivity contribution in [3.8, 4) is 0 Å². The molecule has 0 amide bonds. The van der Waals surface area contributed by atoms with Crippen LogP contribution in [0.2, 0.25) is 0 Å². The first-order valence-corrected chi connectivity index (χ1v) is 10.4. The lowest BCUT2D eigenvalue weighted by Gasteiger charge is -2.47. The molecule has 146 valence electrons. The lowest BCUT2D eigenvalue weighted by Crippen LogP contribution is -2.55. The zero-order chi connectivity index (χ0) is 19.1. The van der Waals surface area contributed by atoms with E-state index in [1.54, 1.807) is 0 Å². The lowest BCUT2D eigenvalue weighted by molar-refractivity contribution is -0.192. The molecule has 0 unspecified atom stereocenters. The number of carbonyl (C=O) groups is 2. The van der Waals surface area contributed by atoms with Crippen molar-refractivity contribution in [3.05, 3.63) is 11.0 Å². The average molecular weight is 388 g/mol. The summed E-state index contributed by atoms with van der Waals surface area (Å²) >= 11 is 0. The van der Waals surface area contributed by atoms with Crippen LogP contribution in [0.3, 0.4) is 0 Å². The maximum absolute atomic E-state index is 12.7. The van der Waals surface area contributed by atoms with Crippen molar-refractivity contribution in [2.75, 3.05) is 26.1 Å². The topological polar surface area (TPSA) is 105 Å². The standard InChI is InChI=1S/C17H24O8S/c1-4-26(20,21)13-8-14(18)25-17(13)9-10(2)11(15(19)22-3)7-12(17)16-23-5-6-24-16/h8,10-12,16H,4-7,9H2,1-3H3/t10-,11+,12+,17+/m1/s1. The van der Waals surface area contributed by atoms with Gasteiger partial charge in [0, 0.05) is 6.08 Å². The molecule has 0 aromatic carbocycles. The van der Waals surface area contributed by atoms with E-state index in [2.05, 4.69) is 0 Å². The number of methoxy groups -OCH3 is 1. The molecule has 3 aliphatic rings. The largest absolute Gasteiger partial charge is 0.469 e. The minimum atomic E-state index is -3.68. The Labute approximate surface area is 152 Å². The Morgan fingerprint density at radius 3 is 2.58 bits per heavy atom. The zero-order valence-electron chi connectivity index (χ0n) is 15.1. The minimum absolute atomic E-state index is 0.0308. The molecule has 8 nitrogen and oxygen atoms in total. The molecular weight excluding hydrogens is 364 g/mol. The van der Waals surface area contributed by atoms with E-state index in [1.165, 1.54) is 14.0 Å². The maximum atomic E-state index is 12.7. The van der Waals surface area contributed by atoms with Crippen LogP contribution in [0.1, 0.15) is 26.7 Å². The predicted molar refractivity (Wildman–Crippen MR) is 89.5 cm³/mol. The Balaban J connectivity index is 2.06. The number of carbonyl (C=O) groups excluding carboxylic acids is 2. The van der Waals surface area contributed by atoms with Gasteiger partial charge in [-0.25, -0.2) is 13.2 Å². The van der Waals surface area contributed by atoms with Gasteiger partial charge >= 0.3 is 11.9 Å². The van der Waals surface area contributed by atoms with Crippen LogP contribution in [0, 0.1) is 17.8 Å². The van der Waals surface area contributed by atoms with Crippen molar-refractivity contribution < 1.29 is 37.0 Å². The van der Waals surface area contributed by atoms with E-state index in [0.29, 0.717) is 13.2 Å². The SMILES string of the molecule is CCS(=O)(=O)C1=CC(=O)O[C@]12C[C@@H](C)[C@@H](C(=O)OC)C[C@H]2C1OCCO1. The number of sulfone groups is 1. The fourth-order valence-electron chi connectivity index (χ4n) is 4.29. The van der Waals surface area contributed by atoms with Gasteiger partial charge in [0.15, 0.2) is 21.7 Å². The molecule has 0 radical (unpaired) electrons. The van der Waals surface area contributed by atoms with Gasteiger partial charge < -0.3 is 18.9 Å². The Kier molecular flexibility index (Phi) is 5.15. The summed E-state index contributed by atoms with van der Waals surface area (Å²) in [4.78, 5) is 24.3. The van der Waals surface area contributed by atoms with Crippen molar-refractivity contribution in [1.29, 1.82) is 0 Å². The number of hydrogen-bond acceptors (Lipinski definition) is 8. The van der Waals surface area contributed by atoms with Crippen LogP contribution in [0.15, 0.2) is 11.0 Å². The van der Waals surface area contributed by atoms with Crippen LogP contribution in [0.5, 0.6) is 0 Å². The van der Waals surface area contributed by atoms with E-state index in [0.717, 1.165) is 6.08 Å². The smallest absolute Gasteiger partial charge is 0.332 e. The molecule has 0 aromatic rings. The molecule has 0 aromatic heterocycles. The summed E-state index contributed by atoms with van der Waals surface area (Å²) in [6.45, 7) is 4.08. The van der Waals surface area contributed by atoms with Gasteiger partial charge in [0.1, 0.15) is 0 Å². The summed E-state index contributed by atoms with van der Waals surface area (Å²) in [5.74, 6) is -2.50. The number of ether oxygens (including phenoxy) is 4. The molecule has 2 heterocycles. The summed E-state index contributed by atoms with van der Waals surface area (Å²) < 4.78 is 47.1. The summed E-state index contributed by atoms with van der Waals surface area (Å²) in [5, 5.41) is 0. The zero-order valence-corrected chi connectivity index (χ0v) is 15.9. The third-order valence-corrected chi connectivity index (χ3v) is 7.46. The van der Waals surface area contributed by atoms with E-state index < -0.39 is 39.5 Å². The second-order valence-electron chi connectivity index (χ2n) is 6.99. The number of rotatable bonds is 4. The molecule has 2 fully saturated rings.